The Bertz CT molecular complexity index is 549. The van der Waals surface area contributed by atoms with Gasteiger partial charge in [0.1, 0.15) is 0 Å². The van der Waals surface area contributed by atoms with Crippen molar-refractivity contribution in [2.75, 3.05) is 20.1 Å². The molecule has 0 amide bonds. The maximum atomic E-state index is 12.2. The summed E-state index contributed by atoms with van der Waals surface area (Å²) >= 11 is 0. The second-order valence-corrected chi connectivity index (χ2v) is 7.75. The summed E-state index contributed by atoms with van der Waals surface area (Å²) in [5.74, 6) is 0. The van der Waals surface area contributed by atoms with Crippen molar-refractivity contribution in [1.82, 2.24) is 19.9 Å². The topological polar surface area (TPSA) is 77.2 Å². The number of nitrogens with zero attached hydrogens (tertiary/aromatic N) is 1. The van der Waals surface area contributed by atoms with Crippen LogP contribution in [-0.4, -0.2) is 50.5 Å². The van der Waals surface area contributed by atoms with E-state index in [0.717, 1.165) is 5.69 Å². The lowest BCUT2D eigenvalue weighted by Gasteiger charge is -2.20. The first-order chi connectivity index (χ1) is 9.88. The van der Waals surface area contributed by atoms with Crippen molar-refractivity contribution in [1.29, 1.82) is 0 Å². The van der Waals surface area contributed by atoms with Crippen molar-refractivity contribution in [2.24, 2.45) is 0 Å². The summed E-state index contributed by atoms with van der Waals surface area (Å²) in [4.78, 5) is 5.43. The minimum absolute atomic E-state index is 0.308. The molecule has 0 aromatic carbocycles. The van der Waals surface area contributed by atoms with E-state index in [1.54, 1.807) is 12.3 Å². The Kier molecular flexibility index (Phi) is 5.43. The number of H-pyrrole nitrogens is 1. The van der Waals surface area contributed by atoms with Gasteiger partial charge >= 0.3 is 0 Å². The van der Waals surface area contributed by atoms with E-state index in [1.165, 1.54) is 12.8 Å². The van der Waals surface area contributed by atoms with Crippen LogP contribution in [0.4, 0.5) is 0 Å². The molecule has 0 radical (unpaired) electrons. The molecule has 21 heavy (non-hydrogen) atoms. The molecule has 7 heteroatoms. The van der Waals surface area contributed by atoms with Crippen molar-refractivity contribution >= 4 is 10.0 Å². The van der Waals surface area contributed by atoms with E-state index in [-0.39, 0.29) is 0 Å². The van der Waals surface area contributed by atoms with Gasteiger partial charge in [0.15, 0.2) is 0 Å². The monoisotopic (exact) mass is 314 g/mol. The van der Waals surface area contributed by atoms with Crippen LogP contribution in [0.15, 0.2) is 17.2 Å². The molecule has 1 aliphatic rings. The third kappa shape index (κ3) is 5.10. The van der Waals surface area contributed by atoms with Crippen LogP contribution in [0.25, 0.3) is 0 Å². The van der Waals surface area contributed by atoms with Crippen molar-refractivity contribution in [3.05, 3.63) is 18.0 Å². The Labute approximate surface area is 127 Å². The van der Waals surface area contributed by atoms with E-state index >= 15 is 0 Å². The second-order valence-electron chi connectivity index (χ2n) is 5.99. The smallest absolute Gasteiger partial charge is 0.242 e. The molecule has 1 fully saturated rings. The molecule has 0 atom stereocenters. The summed E-state index contributed by atoms with van der Waals surface area (Å²) in [5, 5.41) is 3.36. The molecular weight excluding hydrogens is 288 g/mol. The molecule has 2 rings (SSSR count). The molecule has 1 aromatic rings. The third-order valence-electron chi connectivity index (χ3n) is 3.82. The molecule has 0 bridgehead atoms. The van der Waals surface area contributed by atoms with E-state index in [9.17, 15) is 8.42 Å². The zero-order valence-electron chi connectivity index (χ0n) is 13.0. The summed E-state index contributed by atoms with van der Waals surface area (Å²) in [7, 11) is -1.44. The summed E-state index contributed by atoms with van der Waals surface area (Å²) in [6.07, 6.45) is 3.99. The number of rotatable bonds is 9. The average Bonchev–Trinajstić information content (AvgIpc) is 3.12. The minimum Gasteiger partial charge on any atom is -0.363 e. The van der Waals surface area contributed by atoms with Crippen LogP contribution in [0.5, 0.6) is 0 Å². The Morgan fingerprint density at radius 2 is 2.14 bits per heavy atom. The molecule has 1 heterocycles. The van der Waals surface area contributed by atoms with Gasteiger partial charge in [-0.15, -0.1) is 0 Å². The van der Waals surface area contributed by atoms with E-state index < -0.39 is 10.0 Å². The molecule has 0 unspecified atom stereocenters. The van der Waals surface area contributed by atoms with Crippen LogP contribution >= 0.6 is 0 Å². The van der Waals surface area contributed by atoms with Crippen LogP contribution in [0.2, 0.25) is 0 Å². The van der Waals surface area contributed by atoms with Gasteiger partial charge in [-0.1, -0.05) is 0 Å². The molecular formula is C14H26N4O2S. The first kappa shape index (κ1) is 16.5. The number of nitrogens with one attached hydrogen (secondary N) is 3. The zero-order chi connectivity index (χ0) is 15.5. The van der Waals surface area contributed by atoms with Crippen molar-refractivity contribution in [3.8, 4) is 0 Å². The SMILES string of the molecule is CC(C)N(C)CCNS(=O)(=O)c1c[nH]c(CNC2CC2)c1. The normalized spacial score (nSPS) is 16.0. The van der Waals surface area contributed by atoms with E-state index in [0.29, 0.717) is 36.6 Å². The molecule has 0 saturated heterocycles. The Hall–Kier alpha value is -0.890. The number of likely N-dealkylation sites (N-methyl/N-ethyl adjacent to an activating group) is 1. The first-order valence-corrected chi connectivity index (χ1v) is 8.97. The molecule has 120 valence electrons. The summed E-state index contributed by atoms with van der Waals surface area (Å²) in [6, 6.07) is 2.71. The molecule has 0 aliphatic heterocycles. The predicted molar refractivity (Wildman–Crippen MR) is 83.6 cm³/mol. The van der Waals surface area contributed by atoms with Crippen LogP contribution in [-0.2, 0) is 16.6 Å². The van der Waals surface area contributed by atoms with E-state index in [4.69, 9.17) is 0 Å². The van der Waals surface area contributed by atoms with E-state index in [2.05, 4.69) is 33.8 Å². The van der Waals surface area contributed by atoms with Crippen LogP contribution in [0.3, 0.4) is 0 Å². The molecule has 6 nitrogen and oxygen atoms in total. The van der Waals surface area contributed by atoms with E-state index in [1.807, 2.05) is 7.05 Å². The maximum Gasteiger partial charge on any atom is 0.242 e. The zero-order valence-corrected chi connectivity index (χ0v) is 13.8. The van der Waals surface area contributed by atoms with Gasteiger partial charge in [0.2, 0.25) is 10.0 Å². The number of hydrogen-bond donors (Lipinski definition) is 3. The highest BCUT2D eigenvalue weighted by molar-refractivity contribution is 7.89. The van der Waals surface area contributed by atoms with Gasteiger partial charge in [-0.3, -0.25) is 0 Å². The lowest BCUT2D eigenvalue weighted by Crippen LogP contribution is -2.36. The lowest BCUT2D eigenvalue weighted by molar-refractivity contribution is 0.278. The van der Waals surface area contributed by atoms with Crippen molar-refractivity contribution in [3.63, 3.8) is 0 Å². The van der Waals surface area contributed by atoms with Gasteiger partial charge in [-0.05, 0) is 39.8 Å². The average molecular weight is 314 g/mol. The molecule has 3 N–H and O–H groups in total. The molecule has 1 aromatic heterocycles. The van der Waals surface area contributed by atoms with Gasteiger partial charge in [-0.25, -0.2) is 13.1 Å². The molecule has 1 saturated carbocycles. The van der Waals surface area contributed by atoms with Crippen molar-refractivity contribution in [2.45, 2.75) is 50.2 Å². The maximum absolute atomic E-state index is 12.2. The van der Waals surface area contributed by atoms with Crippen LogP contribution in [0.1, 0.15) is 32.4 Å². The minimum atomic E-state index is -3.42. The predicted octanol–water partition coefficient (Wildman–Crippen LogP) is 0.885. The fourth-order valence-corrected chi connectivity index (χ4v) is 2.95. The summed E-state index contributed by atoms with van der Waals surface area (Å²) in [5.41, 5.74) is 0.904. The van der Waals surface area contributed by atoms with Gasteiger partial charge in [0.05, 0.1) is 4.90 Å². The van der Waals surface area contributed by atoms with Gasteiger partial charge < -0.3 is 15.2 Å². The Morgan fingerprint density at radius 1 is 1.43 bits per heavy atom. The number of sulfonamides is 1. The highest BCUT2D eigenvalue weighted by atomic mass is 32.2. The van der Waals surface area contributed by atoms with Crippen molar-refractivity contribution < 1.29 is 8.42 Å². The van der Waals surface area contributed by atoms with Crippen LogP contribution < -0.4 is 10.0 Å². The molecule has 1 aliphatic carbocycles. The highest BCUT2D eigenvalue weighted by Crippen LogP contribution is 2.19. The highest BCUT2D eigenvalue weighted by Gasteiger charge is 2.21. The van der Waals surface area contributed by atoms with Gasteiger partial charge in [0.25, 0.3) is 0 Å². The Morgan fingerprint density at radius 3 is 2.76 bits per heavy atom. The summed E-state index contributed by atoms with van der Waals surface area (Å²) < 4.78 is 27.0. The van der Waals surface area contributed by atoms with Crippen LogP contribution in [0, 0.1) is 0 Å². The van der Waals surface area contributed by atoms with Gasteiger partial charge in [0, 0.05) is 43.6 Å². The fourth-order valence-electron chi connectivity index (χ4n) is 1.92. The summed E-state index contributed by atoms with van der Waals surface area (Å²) in [6.45, 7) is 5.96. The fraction of sp³-hybridized carbons (Fsp3) is 0.714. The quantitative estimate of drug-likeness (QED) is 0.632. The lowest BCUT2D eigenvalue weighted by atomic mass is 10.3. The Balaban J connectivity index is 1.83. The first-order valence-electron chi connectivity index (χ1n) is 7.49. The van der Waals surface area contributed by atoms with Gasteiger partial charge in [-0.2, -0.15) is 0 Å². The molecule has 0 spiro atoms. The number of aromatic nitrogens is 1. The number of hydrogen-bond acceptors (Lipinski definition) is 4. The largest absolute Gasteiger partial charge is 0.363 e. The standard InChI is InChI=1S/C14H26N4O2S/c1-11(2)18(3)7-6-17-21(19,20)14-8-13(16-10-14)9-15-12-4-5-12/h8,10-12,15-17H,4-7,9H2,1-3H3. The number of aromatic amines is 1. The second kappa shape index (κ2) is 6.91. The third-order valence-corrected chi connectivity index (χ3v) is 5.26.